The van der Waals surface area contributed by atoms with Crippen LogP contribution < -0.4 is 16.2 Å². The first-order valence-corrected chi connectivity index (χ1v) is 12.6. The Morgan fingerprint density at radius 1 is 1.26 bits per heavy atom. The van der Waals surface area contributed by atoms with Gasteiger partial charge in [-0.2, -0.15) is 4.98 Å². The molecule has 0 amide bonds. The molecular weight excluding hydrogens is 504 g/mol. The fourth-order valence-corrected chi connectivity index (χ4v) is 4.54. The highest BCUT2D eigenvalue weighted by atomic mass is 79.9. The van der Waals surface area contributed by atoms with Crippen LogP contribution in [-0.2, 0) is 6.42 Å². The van der Waals surface area contributed by atoms with Crippen molar-refractivity contribution in [1.29, 1.82) is 0 Å². The zero-order valence-electron chi connectivity index (χ0n) is 20.1. The topological polar surface area (TPSA) is 85.9 Å². The Morgan fingerprint density at radius 2 is 2.00 bits per heavy atom. The van der Waals surface area contributed by atoms with Crippen LogP contribution in [0.15, 0.2) is 76.2 Å². The van der Waals surface area contributed by atoms with Crippen molar-refractivity contribution >= 4 is 44.3 Å². The summed E-state index contributed by atoms with van der Waals surface area (Å²) in [6, 6.07) is 8.46. The van der Waals surface area contributed by atoms with Gasteiger partial charge in [-0.1, -0.05) is 43.0 Å². The van der Waals surface area contributed by atoms with Gasteiger partial charge in [0, 0.05) is 17.9 Å². The lowest BCUT2D eigenvalue weighted by molar-refractivity contribution is 0.263. The Balaban J connectivity index is 1.61. The van der Waals surface area contributed by atoms with E-state index in [0.717, 1.165) is 38.0 Å². The predicted molar refractivity (Wildman–Crippen MR) is 149 cm³/mol. The van der Waals surface area contributed by atoms with Gasteiger partial charge in [-0.15, -0.1) is 0 Å². The number of hydrogen-bond donors (Lipinski definition) is 3. The highest BCUT2D eigenvalue weighted by Crippen LogP contribution is 2.28. The Kier molecular flexibility index (Phi) is 8.15. The Morgan fingerprint density at radius 3 is 2.69 bits per heavy atom. The molecule has 182 valence electrons. The number of pyridine rings is 1. The van der Waals surface area contributed by atoms with E-state index in [2.05, 4.69) is 79.3 Å². The van der Waals surface area contributed by atoms with Gasteiger partial charge in [-0.05, 0) is 85.5 Å². The number of nitrogens with zero attached hydrogens (tertiary/aromatic N) is 3. The van der Waals surface area contributed by atoms with Crippen LogP contribution in [-0.4, -0.2) is 46.0 Å². The van der Waals surface area contributed by atoms with Crippen molar-refractivity contribution in [3.05, 3.63) is 87.3 Å². The number of hydrogen-bond acceptors (Lipinski definition) is 6. The van der Waals surface area contributed by atoms with Crippen molar-refractivity contribution in [3.8, 4) is 0 Å². The maximum absolute atomic E-state index is 12.7. The molecular formula is C27H31BrN6O. The summed E-state index contributed by atoms with van der Waals surface area (Å²) in [7, 11) is 2.14. The molecule has 1 aromatic carbocycles. The standard InChI is InChI=1S/C27H31BrN6O/c1-4-6-7-18(5-2)16-19-8-10-20(11-9-19)30-25-23-24(22(28)17-29-26(23)35)32-27(33-25)31-21-12-14-34(3)15-13-21/h4-11,17,21H,1,12-16H2,2-3H3,(H,29,35)(H2,30,31,32,33)/b7-6-,18-5+. The number of aromatic nitrogens is 3. The highest BCUT2D eigenvalue weighted by molar-refractivity contribution is 9.10. The largest absolute Gasteiger partial charge is 0.351 e. The molecule has 0 bridgehead atoms. The number of halogens is 1. The lowest BCUT2D eigenvalue weighted by Crippen LogP contribution is -2.37. The second-order valence-corrected chi connectivity index (χ2v) is 9.62. The molecule has 8 heteroatoms. The summed E-state index contributed by atoms with van der Waals surface area (Å²) in [5, 5.41) is 7.24. The third-order valence-corrected chi connectivity index (χ3v) is 6.79. The van der Waals surface area contributed by atoms with E-state index in [1.54, 1.807) is 12.3 Å². The quantitative estimate of drug-likeness (QED) is 0.328. The second kappa shape index (κ2) is 11.5. The SMILES string of the molecule is C=C/C=C\C(=C/C)Cc1ccc(Nc2nc(NC3CCN(C)CC3)nc3c(Br)c[nH]c(=O)c23)cc1. The molecule has 1 saturated heterocycles. The van der Waals surface area contributed by atoms with E-state index >= 15 is 0 Å². The number of rotatable bonds is 8. The zero-order valence-corrected chi connectivity index (χ0v) is 21.7. The molecule has 0 saturated carbocycles. The van der Waals surface area contributed by atoms with E-state index in [0.29, 0.717) is 33.2 Å². The Hall–Kier alpha value is -3.23. The minimum Gasteiger partial charge on any atom is -0.351 e. The normalized spacial score (nSPS) is 15.6. The smallest absolute Gasteiger partial charge is 0.261 e. The molecule has 35 heavy (non-hydrogen) atoms. The number of piperidine rings is 1. The zero-order chi connectivity index (χ0) is 24.8. The van der Waals surface area contributed by atoms with Crippen molar-refractivity contribution in [2.75, 3.05) is 30.8 Å². The molecule has 0 unspecified atom stereocenters. The molecule has 0 spiro atoms. The number of benzene rings is 1. The van der Waals surface area contributed by atoms with Crippen molar-refractivity contribution in [2.45, 2.75) is 32.2 Å². The first-order chi connectivity index (χ1) is 17.0. The molecule has 7 nitrogen and oxygen atoms in total. The van der Waals surface area contributed by atoms with Crippen LogP contribution in [0.5, 0.6) is 0 Å². The van der Waals surface area contributed by atoms with Gasteiger partial charge in [0.1, 0.15) is 11.2 Å². The Bertz CT molecular complexity index is 1300. The van der Waals surface area contributed by atoms with Crippen molar-refractivity contribution in [1.82, 2.24) is 19.9 Å². The predicted octanol–water partition coefficient (Wildman–Crippen LogP) is 5.56. The summed E-state index contributed by atoms with van der Waals surface area (Å²) in [6.45, 7) is 7.83. The average Bonchev–Trinajstić information content (AvgIpc) is 2.86. The molecule has 1 fully saturated rings. The minimum atomic E-state index is -0.236. The number of H-pyrrole nitrogens is 1. The van der Waals surface area contributed by atoms with Gasteiger partial charge in [0.2, 0.25) is 5.95 Å². The molecule has 0 radical (unpaired) electrons. The van der Waals surface area contributed by atoms with Crippen LogP contribution in [0.4, 0.5) is 17.5 Å². The summed E-state index contributed by atoms with van der Waals surface area (Å²) in [4.78, 5) is 27.2. The maximum Gasteiger partial charge on any atom is 0.261 e. The summed E-state index contributed by atoms with van der Waals surface area (Å²) in [6.07, 6.45) is 12.4. The van der Waals surface area contributed by atoms with Crippen LogP contribution in [0.1, 0.15) is 25.3 Å². The summed E-state index contributed by atoms with van der Waals surface area (Å²) in [5.74, 6) is 0.994. The lowest BCUT2D eigenvalue weighted by Gasteiger charge is -2.29. The minimum absolute atomic E-state index is 0.236. The number of nitrogens with one attached hydrogen (secondary N) is 3. The monoisotopic (exact) mass is 534 g/mol. The molecule has 3 aromatic rings. The second-order valence-electron chi connectivity index (χ2n) is 8.76. The van der Waals surface area contributed by atoms with Gasteiger partial charge in [-0.3, -0.25) is 4.79 Å². The molecule has 1 aliphatic heterocycles. The van der Waals surface area contributed by atoms with Crippen molar-refractivity contribution in [2.24, 2.45) is 0 Å². The third kappa shape index (κ3) is 6.26. The van der Waals surface area contributed by atoms with Crippen molar-refractivity contribution < 1.29 is 0 Å². The molecule has 0 aliphatic carbocycles. The van der Waals surface area contributed by atoms with Crippen LogP contribution >= 0.6 is 15.9 Å². The van der Waals surface area contributed by atoms with E-state index in [1.807, 2.05) is 25.1 Å². The first kappa shape index (κ1) is 24.9. The number of allylic oxidation sites excluding steroid dienone is 5. The van der Waals surface area contributed by atoms with Crippen LogP contribution in [0.25, 0.3) is 10.9 Å². The van der Waals surface area contributed by atoms with Gasteiger partial charge in [0.05, 0.1) is 9.99 Å². The number of aromatic amines is 1. The van der Waals surface area contributed by atoms with Crippen LogP contribution in [0, 0.1) is 0 Å². The molecule has 4 rings (SSSR count). The van der Waals surface area contributed by atoms with Gasteiger partial charge in [-0.25, -0.2) is 4.98 Å². The van der Waals surface area contributed by atoms with E-state index < -0.39 is 0 Å². The van der Waals surface area contributed by atoms with E-state index in [4.69, 9.17) is 4.98 Å². The summed E-state index contributed by atoms with van der Waals surface area (Å²) >= 11 is 3.54. The van der Waals surface area contributed by atoms with E-state index in [-0.39, 0.29) is 5.56 Å². The van der Waals surface area contributed by atoms with Gasteiger partial charge >= 0.3 is 0 Å². The first-order valence-electron chi connectivity index (χ1n) is 11.8. The van der Waals surface area contributed by atoms with Gasteiger partial charge in [0.15, 0.2) is 0 Å². The molecule has 1 aliphatic rings. The van der Waals surface area contributed by atoms with Gasteiger partial charge in [0.25, 0.3) is 5.56 Å². The molecule has 0 atom stereocenters. The van der Waals surface area contributed by atoms with E-state index in [9.17, 15) is 4.79 Å². The summed E-state index contributed by atoms with van der Waals surface area (Å²) in [5.41, 5.74) is 3.59. The highest BCUT2D eigenvalue weighted by Gasteiger charge is 2.20. The molecule has 3 heterocycles. The average molecular weight is 535 g/mol. The number of fused-ring (bicyclic) bond motifs is 1. The van der Waals surface area contributed by atoms with Gasteiger partial charge < -0.3 is 20.5 Å². The lowest BCUT2D eigenvalue weighted by atomic mass is 10.0. The number of likely N-dealkylation sites (tertiary alicyclic amines) is 1. The Labute approximate surface area is 214 Å². The number of anilines is 3. The maximum atomic E-state index is 12.7. The fraction of sp³-hybridized carbons (Fsp3) is 0.296. The van der Waals surface area contributed by atoms with Crippen LogP contribution in [0.2, 0.25) is 0 Å². The fourth-order valence-electron chi connectivity index (χ4n) is 4.14. The third-order valence-electron chi connectivity index (χ3n) is 6.19. The van der Waals surface area contributed by atoms with Crippen molar-refractivity contribution in [3.63, 3.8) is 0 Å². The summed E-state index contributed by atoms with van der Waals surface area (Å²) < 4.78 is 0.714. The molecule has 3 N–H and O–H groups in total. The van der Waals surface area contributed by atoms with E-state index in [1.165, 1.54) is 11.1 Å². The van der Waals surface area contributed by atoms with Crippen LogP contribution in [0.3, 0.4) is 0 Å². The molecule has 2 aromatic heterocycles.